The second-order valence-electron chi connectivity index (χ2n) is 3.25. The summed E-state index contributed by atoms with van der Waals surface area (Å²) in [6, 6.07) is 10.3. The quantitative estimate of drug-likeness (QED) is 0.706. The highest BCUT2D eigenvalue weighted by atomic mass is 16.5. The lowest BCUT2D eigenvalue weighted by Gasteiger charge is -2.03. The van der Waals surface area contributed by atoms with Gasteiger partial charge in [0.2, 0.25) is 0 Å². The molecule has 2 rings (SSSR count). The van der Waals surface area contributed by atoms with Gasteiger partial charge in [-0.15, -0.1) is 0 Å². The monoisotopic (exact) mass is 218 g/mol. The van der Waals surface area contributed by atoms with Crippen molar-refractivity contribution >= 4 is 10.8 Å². The summed E-state index contributed by atoms with van der Waals surface area (Å²) in [5.41, 5.74) is 0. The van der Waals surface area contributed by atoms with Crippen molar-refractivity contribution in [3.05, 3.63) is 36.5 Å². The van der Waals surface area contributed by atoms with Gasteiger partial charge >= 0.3 is 5.88 Å². The summed E-state index contributed by atoms with van der Waals surface area (Å²) in [7, 11) is 2.00. The molecule has 2 nitrogen and oxygen atoms in total. The summed E-state index contributed by atoms with van der Waals surface area (Å²) < 4.78 is 7.62. The normalized spacial score (nSPS) is 9.50. The number of aryl methyl sites for hydroxylation is 1. The first-order valence-electron chi connectivity index (χ1n) is 5.83. The molecule has 0 unspecified atom stereocenters. The third-order valence-corrected chi connectivity index (χ3v) is 2.27. The minimum Gasteiger partial charge on any atom is -0.444 e. The van der Waals surface area contributed by atoms with E-state index in [1.165, 1.54) is 10.8 Å². The molecule has 0 fully saturated rings. The van der Waals surface area contributed by atoms with E-state index >= 15 is 0 Å². The van der Waals surface area contributed by atoms with Crippen molar-refractivity contribution in [3.63, 3.8) is 0 Å². The van der Waals surface area contributed by atoms with E-state index in [4.69, 9.17) is 4.74 Å². The van der Waals surface area contributed by atoms with Gasteiger partial charge in [0, 0.05) is 6.07 Å². The van der Waals surface area contributed by atoms with Crippen LogP contribution in [0.2, 0.25) is 0 Å². The maximum atomic E-state index is 5.61. The van der Waals surface area contributed by atoms with Crippen molar-refractivity contribution in [2.75, 3.05) is 6.61 Å². The predicted molar refractivity (Wildman–Crippen MR) is 67.6 cm³/mol. The van der Waals surface area contributed by atoms with Crippen molar-refractivity contribution < 1.29 is 9.30 Å². The molecule has 16 heavy (non-hydrogen) atoms. The van der Waals surface area contributed by atoms with Gasteiger partial charge in [0.1, 0.15) is 7.05 Å². The van der Waals surface area contributed by atoms with E-state index in [0.717, 1.165) is 5.88 Å². The predicted octanol–water partition coefficient (Wildman–Crippen LogP) is 3.09. The van der Waals surface area contributed by atoms with E-state index in [-0.39, 0.29) is 0 Å². The molecule has 2 aromatic rings. The number of hydrogen-bond donors (Lipinski definition) is 0. The summed E-state index contributed by atoms with van der Waals surface area (Å²) in [5, 5.41) is 2.38. The van der Waals surface area contributed by atoms with Crippen molar-refractivity contribution in [1.29, 1.82) is 0 Å². The lowest BCUT2D eigenvalue weighted by Crippen LogP contribution is -2.30. The lowest BCUT2D eigenvalue weighted by atomic mass is 10.2. The Kier molecular flexibility index (Phi) is 4.77. The molecule has 0 saturated carbocycles. The zero-order chi connectivity index (χ0) is 12.0. The molecule has 0 aliphatic heterocycles. The van der Waals surface area contributed by atoms with E-state index < -0.39 is 0 Å². The Labute approximate surface area is 97.5 Å². The number of pyridine rings is 1. The van der Waals surface area contributed by atoms with Gasteiger partial charge in [-0.2, -0.15) is 4.57 Å². The summed E-state index contributed by atoms with van der Waals surface area (Å²) in [6.45, 7) is 6.70. The van der Waals surface area contributed by atoms with Crippen LogP contribution >= 0.6 is 0 Å². The van der Waals surface area contributed by atoms with Gasteiger partial charge in [-0.3, -0.25) is 0 Å². The smallest absolute Gasteiger partial charge is 0.375 e. The number of benzene rings is 1. The minimum absolute atomic E-state index is 0.696. The second kappa shape index (κ2) is 6.11. The number of ether oxygens (including phenoxy) is 1. The molecule has 0 spiro atoms. The minimum atomic E-state index is 0.696. The number of nitrogens with zero attached hydrogens (tertiary/aromatic N) is 1. The van der Waals surface area contributed by atoms with Gasteiger partial charge in [0.25, 0.3) is 0 Å². The van der Waals surface area contributed by atoms with Gasteiger partial charge in [-0.25, -0.2) is 0 Å². The van der Waals surface area contributed by atoms with E-state index in [1.807, 2.05) is 50.7 Å². The molecule has 0 N–H and O–H groups in total. The van der Waals surface area contributed by atoms with Crippen LogP contribution in [0.15, 0.2) is 36.5 Å². The van der Waals surface area contributed by atoms with E-state index in [9.17, 15) is 0 Å². The van der Waals surface area contributed by atoms with Gasteiger partial charge in [0.05, 0.1) is 12.0 Å². The lowest BCUT2D eigenvalue weighted by molar-refractivity contribution is -0.675. The molecule has 0 aliphatic carbocycles. The summed E-state index contributed by atoms with van der Waals surface area (Å²) in [6.07, 6.45) is 2.02. The van der Waals surface area contributed by atoms with Crippen LogP contribution in [0, 0.1) is 0 Å². The topological polar surface area (TPSA) is 13.1 Å². The highest BCUT2D eigenvalue weighted by Gasteiger charge is 2.11. The standard InChI is InChI=1S/C12H14NO.C2H6/c1-3-14-12-11-7-5-4-6-10(11)8-9-13(12)2;1-2/h4-9H,3H2,1-2H3;1-2H3/q+1;. The van der Waals surface area contributed by atoms with Crippen LogP contribution in [0.3, 0.4) is 0 Å². The molecule has 86 valence electrons. The molecule has 0 saturated heterocycles. The number of aromatic nitrogens is 1. The second-order valence-corrected chi connectivity index (χ2v) is 3.25. The highest BCUT2D eigenvalue weighted by molar-refractivity contribution is 5.85. The zero-order valence-corrected chi connectivity index (χ0v) is 10.5. The first-order chi connectivity index (χ1) is 7.83. The molecular weight excluding hydrogens is 198 g/mol. The first kappa shape index (κ1) is 12.5. The summed E-state index contributed by atoms with van der Waals surface area (Å²) in [5.74, 6) is 0.936. The van der Waals surface area contributed by atoms with E-state index in [1.54, 1.807) is 0 Å². The number of hydrogen-bond acceptors (Lipinski definition) is 1. The van der Waals surface area contributed by atoms with Crippen LogP contribution in [0.1, 0.15) is 20.8 Å². The Balaban J connectivity index is 0.000000606. The fraction of sp³-hybridized carbons (Fsp3) is 0.357. The molecule has 0 amide bonds. The zero-order valence-electron chi connectivity index (χ0n) is 10.5. The highest BCUT2D eigenvalue weighted by Crippen LogP contribution is 2.20. The van der Waals surface area contributed by atoms with E-state index in [2.05, 4.69) is 18.2 Å². The van der Waals surface area contributed by atoms with Crippen LogP contribution in [-0.4, -0.2) is 6.61 Å². The fourth-order valence-corrected chi connectivity index (χ4v) is 1.60. The van der Waals surface area contributed by atoms with Crippen molar-refractivity contribution in [3.8, 4) is 5.88 Å². The SMILES string of the molecule is CC.CCOc1c2ccccc2cc[n+]1C. The van der Waals surface area contributed by atoms with Crippen LogP contribution in [-0.2, 0) is 7.05 Å². The molecule has 2 heteroatoms. The fourth-order valence-electron chi connectivity index (χ4n) is 1.60. The molecule has 1 aromatic heterocycles. The maximum absolute atomic E-state index is 5.61. The molecule has 0 radical (unpaired) electrons. The summed E-state index contributed by atoms with van der Waals surface area (Å²) in [4.78, 5) is 0. The van der Waals surface area contributed by atoms with Crippen molar-refractivity contribution in [2.24, 2.45) is 7.05 Å². The summed E-state index contributed by atoms with van der Waals surface area (Å²) >= 11 is 0. The Morgan fingerprint density at radius 1 is 1.12 bits per heavy atom. The van der Waals surface area contributed by atoms with Crippen LogP contribution in [0.5, 0.6) is 5.88 Å². The molecule has 1 heterocycles. The Morgan fingerprint density at radius 3 is 2.50 bits per heavy atom. The largest absolute Gasteiger partial charge is 0.444 e. The van der Waals surface area contributed by atoms with E-state index in [0.29, 0.717) is 6.61 Å². The van der Waals surface area contributed by atoms with Crippen LogP contribution < -0.4 is 9.30 Å². The Bertz CT molecular complexity index is 451. The Hall–Kier alpha value is -1.57. The molecular formula is C14H20NO+. The maximum Gasteiger partial charge on any atom is 0.375 e. The van der Waals surface area contributed by atoms with Crippen LogP contribution in [0.25, 0.3) is 10.8 Å². The average molecular weight is 218 g/mol. The molecule has 0 bridgehead atoms. The number of fused-ring (bicyclic) bond motifs is 1. The van der Waals surface area contributed by atoms with Crippen molar-refractivity contribution in [1.82, 2.24) is 0 Å². The Morgan fingerprint density at radius 2 is 1.81 bits per heavy atom. The molecule has 0 atom stereocenters. The third kappa shape index (κ3) is 2.51. The third-order valence-electron chi connectivity index (χ3n) is 2.27. The van der Waals surface area contributed by atoms with Gasteiger partial charge in [0.15, 0.2) is 6.20 Å². The molecule has 0 aliphatic rings. The van der Waals surface area contributed by atoms with Crippen molar-refractivity contribution in [2.45, 2.75) is 20.8 Å². The first-order valence-corrected chi connectivity index (χ1v) is 5.83. The number of rotatable bonds is 2. The van der Waals surface area contributed by atoms with Crippen LogP contribution in [0.4, 0.5) is 0 Å². The van der Waals surface area contributed by atoms with Gasteiger partial charge in [-0.1, -0.05) is 32.0 Å². The van der Waals surface area contributed by atoms with Gasteiger partial charge in [-0.05, 0) is 18.4 Å². The molecule has 1 aromatic carbocycles. The van der Waals surface area contributed by atoms with Gasteiger partial charge < -0.3 is 4.74 Å². The average Bonchev–Trinajstić information content (AvgIpc) is 2.35.